The molecule has 3 rings (SSSR count). The first-order valence-electron chi connectivity index (χ1n) is 8.13. The highest BCUT2D eigenvalue weighted by atomic mass is 16.6. The molecule has 0 aliphatic carbocycles. The summed E-state index contributed by atoms with van der Waals surface area (Å²) < 4.78 is 0. The molecule has 1 aliphatic heterocycles. The van der Waals surface area contributed by atoms with Crippen LogP contribution in [0.4, 0.5) is 11.4 Å². The smallest absolute Gasteiger partial charge is 0.278 e. The molecular formula is C17H20N4O3. The Labute approximate surface area is 139 Å². The number of carbonyl (C=O) groups excluding carboxylic acids is 1. The van der Waals surface area contributed by atoms with Gasteiger partial charge in [-0.05, 0) is 38.0 Å². The van der Waals surface area contributed by atoms with E-state index in [-0.39, 0.29) is 17.6 Å². The Morgan fingerprint density at radius 3 is 2.96 bits per heavy atom. The van der Waals surface area contributed by atoms with E-state index >= 15 is 0 Å². The van der Waals surface area contributed by atoms with Crippen LogP contribution in [0.25, 0.3) is 10.9 Å². The number of rotatable bonds is 5. The number of hydrogen-bond donors (Lipinski definition) is 1. The summed E-state index contributed by atoms with van der Waals surface area (Å²) >= 11 is 0. The minimum Gasteiger partial charge on any atom is -0.381 e. The molecule has 2 heterocycles. The van der Waals surface area contributed by atoms with Gasteiger partial charge in [-0.2, -0.15) is 0 Å². The largest absolute Gasteiger partial charge is 0.381 e. The number of nitrogens with one attached hydrogen (secondary N) is 1. The van der Waals surface area contributed by atoms with Crippen molar-refractivity contribution in [2.24, 2.45) is 0 Å². The third kappa shape index (κ3) is 3.15. The molecule has 0 saturated carbocycles. The molecule has 0 unspecified atom stereocenters. The zero-order valence-corrected chi connectivity index (χ0v) is 13.6. The first-order valence-corrected chi connectivity index (χ1v) is 8.13. The summed E-state index contributed by atoms with van der Waals surface area (Å²) in [5.41, 5.74) is 1.36. The highest BCUT2D eigenvalue weighted by Crippen LogP contribution is 2.29. The molecule has 1 N–H and O–H groups in total. The second-order valence-electron chi connectivity index (χ2n) is 6.06. The number of anilines is 1. The maximum absolute atomic E-state index is 12.0. The number of nitrogens with zero attached hydrogens (tertiary/aromatic N) is 3. The number of benzene rings is 1. The number of fused-ring (bicyclic) bond motifs is 1. The van der Waals surface area contributed by atoms with Gasteiger partial charge in [0.2, 0.25) is 5.91 Å². The number of nitro benzene ring substituents is 1. The zero-order valence-electron chi connectivity index (χ0n) is 13.6. The zero-order chi connectivity index (χ0) is 17.1. The Morgan fingerprint density at radius 2 is 2.21 bits per heavy atom. The minimum atomic E-state index is -0.400. The van der Waals surface area contributed by atoms with Crippen molar-refractivity contribution in [3.05, 3.63) is 40.6 Å². The van der Waals surface area contributed by atoms with E-state index in [4.69, 9.17) is 0 Å². The summed E-state index contributed by atoms with van der Waals surface area (Å²) in [5.74, 6) is 0.197. The van der Waals surface area contributed by atoms with Gasteiger partial charge in [-0.1, -0.05) is 0 Å². The standard InChI is InChI=1S/C17H20N4O3/c1-12(20-10-3-2-6-16(20)22)11-19-14-7-8-15(21(23)24)13-5-4-9-18-17(13)14/h4-5,7-9,12,19H,2-3,6,10-11H2,1H3/t12-/m0/s1. The van der Waals surface area contributed by atoms with Gasteiger partial charge < -0.3 is 10.2 Å². The Hall–Kier alpha value is -2.70. The molecule has 24 heavy (non-hydrogen) atoms. The molecule has 7 heteroatoms. The van der Waals surface area contributed by atoms with Crippen molar-refractivity contribution in [2.75, 3.05) is 18.4 Å². The van der Waals surface area contributed by atoms with Crippen molar-refractivity contribution < 1.29 is 9.72 Å². The van der Waals surface area contributed by atoms with Crippen LogP contribution in [-0.4, -0.2) is 39.8 Å². The van der Waals surface area contributed by atoms with Crippen LogP contribution in [0.5, 0.6) is 0 Å². The second kappa shape index (κ2) is 6.82. The average molecular weight is 328 g/mol. The van der Waals surface area contributed by atoms with E-state index in [0.717, 1.165) is 25.1 Å². The third-order valence-corrected chi connectivity index (χ3v) is 4.42. The lowest BCUT2D eigenvalue weighted by atomic mass is 10.1. The maximum Gasteiger partial charge on any atom is 0.278 e. The number of aromatic nitrogens is 1. The van der Waals surface area contributed by atoms with Gasteiger partial charge in [0, 0.05) is 37.8 Å². The highest BCUT2D eigenvalue weighted by Gasteiger charge is 2.23. The van der Waals surface area contributed by atoms with Crippen LogP contribution in [0.1, 0.15) is 26.2 Å². The molecule has 1 aromatic carbocycles. The monoisotopic (exact) mass is 328 g/mol. The molecule has 0 spiro atoms. The van der Waals surface area contributed by atoms with Crippen LogP contribution >= 0.6 is 0 Å². The van der Waals surface area contributed by atoms with Gasteiger partial charge in [0.25, 0.3) is 5.69 Å². The topological polar surface area (TPSA) is 88.4 Å². The fourth-order valence-corrected chi connectivity index (χ4v) is 3.12. The summed E-state index contributed by atoms with van der Waals surface area (Å²) in [4.78, 5) is 28.9. The Balaban J connectivity index is 1.79. The van der Waals surface area contributed by atoms with E-state index in [1.54, 1.807) is 24.4 Å². The van der Waals surface area contributed by atoms with E-state index in [1.165, 1.54) is 6.07 Å². The maximum atomic E-state index is 12.0. The van der Waals surface area contributed by atoms with Crippen molar-refractivity contribution in [1.82, 2.24) is 9.88 Å². The summed E-state index contributed by atoms with van der Waals surface area (Å²) in [7, 11) is 0. The lowest BCUT2D eigenvalue weighted by Crippen LogP contribution is -2.44. The van der Waals surface area contributed by atoms with E-state index in [1.807, 2.05) is 11.8 Å². The van der Waals surface area contributed by atoms with Crippen molar-refractivity contribution in [3.63, 3.8) is 0 Å². The van der Waals surface area contributed by atoms with Crippen LogP contribution in [0.15, 0.2) is 30.5 Å². The van der Waals surface area contributed by atoms with E-state index in [0.29, 0.717) is 23.9 Å². The summed E-state index contributed by atoms with van der Waals surface area (Å²) in [6, 6.07) is 6.62. The van der Waals surface area contributed by atoms with Gasteiger partial charge in [-0.25, -0.2) is 0 Å². The predicted molar refractivity (Wildman–Crippen MR) is 91.9 cm³/mol. The molecule has 1 fully saturated rings. The van der Waals surface area contributed by atoms with E-state index in [9.17, 15) is 14.9 Å². The van der Waals surface area contributed by atoms with Gasteiger partial charge in [-0.15, -0.1) is 0 Å². The predicted octanol–water partition coefficient (Wildman–Crippen LogP) is 2.96. The third-order valence-electron chi connectivity index (χ3n) is 4.42. The first kappa shape index (κ1) is 16.2. The molecule has 1 atom stereocenters. The molecule has 126 valence electrons. The lowest BCUT2D eigenvalue weighted by Gasteiger charge is -2.32. The fraction of sp³-hybridized carbons (Fsp3) is 0.412. The molecular weight excluding hydrogens is 308 g/mol. The van der Waals surface area contributed by atoms with Crippen LogP contribution in [0.2, 0.25) is 0 Å². The minimum absolute atomic E-state index is 0.0444. The van der Waals surface area contributed by atoms with E-state index < -0.39 is 4.92 Å². The first-order chi connectivity index (χ1) is 11.6. The van der Waals surface area contributed by atoms with Crippen LogP contribution in [0.3, 0.4) is 0 Å². The second-order valence-corrected chi connectivity index (χ2v) is 6.06. The molecule has 2 aromatic rings. The van der Waals surface area contributed by atoms with Crippen molar-refractivity contribution in [2.45, 2.75) is 32.2 Å². The van der Waals surface area contributed by atoms with Crippen molar-refractivity contribution >= 4 is 28.2 Å². The summed E-state index contributed by atoms with van der Waals surface area (Å²) in [6.45, 7) is 3.38. The van der Waals surface area contributed by atoms with Gasteiger partial charge in [-0.3, -0.25) is 19.9 Å². The number of piperidine rings is 1. The number of likely N-dealkylation sites (tertiary alicyclic amines) is 1. The van der Waals surface area contributed by atoms with Crippen molar-refractivity contribution in [1.29, 1.82) is 0 Å². The normalized spacial score (nSPS) is 16.2. The number of nitro groups is 1. The van der Waals surface area contributed by atoms with Crippen LogP contribution in [0, 0.1) is 10.1 Å². The highest BCUT2D eigenvalue weighted by molar-refractivity contribution is 5.96. The lowest BCUT2D eigenvalue weighted by molar-refractivity contribution is -0.383. The quantitative estimate of drug-likeness (QED) is 0.673. The van der Waals surface area contributed by atoms with Gasteiger partial charge in [0.15, 0.2) is 0 Å². The molecule has 7 nitrogen and oxygen atoms in total. The SMILES string of the molecule is C[C@@H](CNc1ccc([N+](=O)[O-])c2cccnc12)N1CCCCC1=O. The van der Waals surface area contributed by atoms with Crippen molar-refractivity contribution in [3.8, 4) is 0 Å². The summed E-state index contributed by atoms with van der Waals surface area (Å²) in [6.07, 6.45) is 4.24. The van der Waals surface area contributed by atoms with Crippen LogP contribution < -0.4 is 5.32 Å². The van der Waals surface area contributed by atoms with Crippen LogP contribution in [-0.2, 0) is 4.79 Å². The summed E-state index contributed by atoms with van der Waals surface area (Å²) in [5, 5.41) is 14.9. The number of pyridine rings is 1. The number of non-ortho nitro benzene ring substituents is 1. The fourth-order valence-electron chi connectivity index (χ4n) is 3.12. The molecule has 1 aliphatic rings. The number of amides is 1. The van der Waals surface area contributed by atoms with Gasteiger partial charge >= 0.3 is 0 Å². The molecule has 1 aromatic heterocycles. The molecule has 1 saturated heterocycles. The van der Waals surface area contributed by atoms with Gasteiger partial charge in [0.1, 0.15) is 5.52 Å². The number of carbonyl (C=O) groups is 1. The Kier molecular flexibility index (Phi) is 4.59. The molecule has 0 radical (unpaired) electrons. The molecule has 0 bridgehead atoms. The van der Waals surface area contributed by atoms with Gasteiger partial charge in [0.05, 0.1) is 16.0 Å². The Bertz CT molecular complexity index is 778. The average Bonchev–Trinajstić information content (AvgIpc) is 2.59. The van der Waals surface area contributed by atoms with E-state index in [2.05, 4.69) is 10.3 Å². The molecule has 1 amide bonds. The Morgan fingerprint density at radius 1 is 1.38 bits per heavy atom. The number of hydrogen-bond acceptors (Lipinski definition) is 5.